The zero-order chi connectivity index (χ0) is 30.1. The average molecular weight is 595 g/mol. The van der Waals surface area contributed by atoms with Crippen LogP contribution in [0.15, 0.2) is 30.6 Å². The number of ether oxygens (including phenoxy) is 1. The number of fused-ring (bicyclic) bond motifs is 1. The summed E-state index contributed by atoms with van der Waals surface area (Å²) in [7, 11) is 1.86. The summed E-state index contributed by atoms with van der Waals surface area (Å²) in [6, 6.07) is 4.23. The molecular weight excluding hydrogens is 559 g/mol. The van der Waals surface area contributed by atoms with Gasteiger partial charge in [0.25, 0.3) is 11.8 Å². The standard InChI is InChI=1S/C29H35FN8O5/c1-37-22(13-16-5-6-16)18(14-34-37)25-19(30)15-33-29(36-25)32-10-12-43-11-9-31-20-4-2-3-17-24(20)28(42)38(27(17)41)21-7-8-23(39)35-26(21)40/h2-4,14-16,21,23,26,31,35,39-40H,5-13H2,1H3,(H,32,33,36). The van der Waals surface area contributed by atoms with Crippen molar-refractivity contribution in [2.24, 2.45) is 13.0 Å². The fourth-order valence-corrected chi connectivity index (χ4v) is 5.63. The molecule has 2 aromatic heterocycles. The van der Waals surface area contributed by atoms with Crippen LogP contribution in [0.2, 0.25) is 0 Å². The van der Waals surface area contributed by atoms with E-state index < -0.39 is 36.1 Å². The average Bonchev–Trinajstić information content (AvgIpc) is 3.69. The van der Waals surface area contributed by atoms with Gasteiger partial charge in [-0.2, -0.15) is 5.10 Å². The Labute approximate surface area is 247 Å². The van der Waals surface area contributed by atoms with Gasteiger partial charge in [-0.1, -0.05) is 6.07 Å². The maximum absolute atomic E-state index is 14.7. The first-order valence-corrected chi connectivity index (χ1v) is 14.5. The number of halogens is 1. The van der Waals surface area contributed by atoms with E-state index in [9.17, 15) is 24.2 Å². The molecule has 3 aromatic rings. The molecule has 3 aliphatic rings. The van der Waals surface area contributed by atoms with Crippen molar-refractivity contribution in [2.45, 2.75) is 50.6 Å². The Morgan fingerprint density at radius 2 is 1.84 bits per heavy atom. The molecule has 2 fully saturated rings. The molecule has 228 valence electrons. The third kappa shape index (κ3) is 6.09. The van der Waals surface area contributed by atoms with Crippen LogP contribution in [-0.4, -0.2) is 91.5 Å². The van der Waals surface area contributed by atoms with Crippen LogP contribution < -0.4 is 16.0 Å². The number of amides is 2. The highest BCUT2D eigenvalue weighted by Gasteiger charge is 2.45. The number of aryl methyl sites for hydroxylation is 1. The maximum atomic E-state index is 14.7. The largest absolute Gasteiger partial charge is 0.382 e. The van der Waals surface area contributed by atoms with Gasteiger partial charge in [0.15, 0.2) is 5.82 Å². The van der Waals surface area contributed by atoms with E-state index in [1.807, 2.05) is 7.05 Å². The van der Waals surface area contributed by atoms with Crippen LogP contribution in [0.25, 0.3) is 11.3 Å². The summed E-state index contributed by atoms with van der Waals surface area (Å²) in [5, 5.41) is 33.2. The number of aromatic nitrogens is 4. The van der Waals surface area contributed by atoms with Crippen molar-refractivity contribution >= 4 is 23.5 Å². The molecule has 4 heterocycles. The Morgan fingerprint density at radius 1 is 1.05 bits per heavy atom. The lowest BCUT2D eigenvalue weighted by atomic mass is 10.0. The molecule has 2 amide bonds. The van der Waals surface area contributed by atoms with Crippen LogP contribution in [0.1, 0.15) is 52.1 Å². The third-order valence-electron chi connectivity index (χ3n) is 8.07. The number of hydrogen-bond acceptors (Lipinski definition) is 11. The molecule has 1 saturated carbocycles. The van der Waals surface area contributed by atoms with E-state index in [0.717, 1.165) is 23.2 Å². The summed E-state index contributed by atoms with van der Waals surface area (Å²) in [5.74, 6) is -0.548. The van der Waals surface area contributed by atoms with Gasteiger partial charge in [-0.3, -0.25) is 24.5 Å². The van der Waals surface area contributed by atoms with Gasteiger partial charge in [-0.15, -0.1) is 0 Å². The molecule has 3 atom stereocenters. The number of carbonyl (C=O) groups excluding carboxylic acids is 2. The molecule has 14 heteroatoms. The minimum absolute atomic E-state index is 0.222. The molecule has 0 spiro atoms. The van der Waals surface area contributed by atoms with Crippen molar-refractivity contribution < 1.29 is 28.9 Å². The summed E-state index contributed by atoms with van der Waals surface area (Å²) in [5.41, 5.74) is 2.89. The molecule has 6 rings (SSSR count). The lowest BCUT2D eigenvalue weighted by molar-refractivity contribution is -0.0413. The first kappa shape index (κ1) is 29.1. The van der Waals surface area contributed by atoms with Crippen LogP contribution in [0.3, 0.4) is 0 Å². The predicted molar refractivity (Wildman–Crippen MR) is 154 cm³/mol. The van der Waals surface area contributed by atoms with Crippen LogP contribution in [0.5, 0.6) is 0 Å². The van der Waals surface area contributed by atoms with Gasteiger partial charge in [0.05, 0.1) is 42.8 Å². The number of nitrogens with zero attached hydrogens (tertiary/aromatic N) is 5. The van der Waals surface area contributed by atoms with Gasteiger partial charge < -0.3 is 25.6 Å². The molecule has 1 saturated heterocycles. The second-order valence-corrected chi connectivity index (χ2v) is 11.1. The number of nitrogens with one attached hydrogen (secondary N) is 3. The molecule has 1 aliphatic carbocycles. The van der Waals surface area contributed by atoms with Crippen molar-refractivity contribution in [3.8, 4) is 11.3 Å². The number of aliphatic hydroxyl groups is 2. The van der Waals surface area contributed by atoms with Crippen molar-refractivity contribution in [3.63, 3.8) is 0 Å². The molecule has 0 bridgehead atoms. The molecular formula is C29H35FN8O5. The number of carbonyl (C=O) groups is 2. The van der Waals surface area contributed by atoms with Crippen LogP contribution in [0, 0.1) is 11.7 Å². The summed E-state index contributed by atoms with van der Waals surface area (Å²) >= 11 is 0. The fraction of sp³-hybridized carbons (Fsp3) is 0.483. The fourth-order valence-electron chi connectivity index (χ4n) is 5.63. The van der Waals surface area contributed by atoms with E-state index in [0.29, 0.717) is 62.3 Å². The van der Waals surface area contributed by atoms with Gasteiger partial charge in [0, 0.05) is 37.1 Å². The Bertz CT molecular complexity index is 1510. The lowest BCUT2D eigenvalue weighted by Crippen LogP contribution is -2.58. The van der Waals surface area contributed by atoms with Gasteiger partial charge >= 0.3 is 0 Å². The van der Waals surface area contributed by atoms with E-state index in [1.165, 1.54) is 12.8 Å². The Hall–Kier alpha value is -3.98. The maximum Gasteiger partial charge on any atom is 0.264 e. The highest BCUT2D eigenvalue weighted by molar-refractivity contribution is 6.24. The zero-order valence-corrected chi connectivity index (χ0v) is 23.8. The van der Waals surface area contributed by atoms with E-state index in [2.05, 4.69) is 31.0 Å². The normalized spacial score (nSPS) is 21.8. The van der Waals surface area contributed by atoms with Gasteiger partial charge in [-0.25, -0.2) is 14.4 Å². The summed E-state index contributed by atoms with van der Waals surface area (Å²) in [6.07, 6.45) is 4.52. The summed E-state index contributed by atoms with van der Waals surface area (Å²) < 4.78 is 22.1. The van der Waals surface area contributed by atoms with Crippen molar-refractivity contribution in [1.29, 1.82) is 0 Å². The van der Waals surface area contributed by atoms with Gasteiger partial charge in [0.2, 0.25) is 5.95 Å². The zero-order valence-electron chi connectivity index (χ0n) is 23.8. The molecule has 43 heavy (non-hydrogen) atoms. The Kier molecular flexibility index (Phi) is 8.34. The highest BCUT2D eigenvalue weighted by Crippen LogP contribution is 2.36. The molecule has 3 unspecified atom stereocenters. The number of aliphatic hydroxyl groups excluding tert-OH is 2. The van der Waals surface area contributed by atoms with Crippen molar-refractivity contribution in [3.05, 3.63) is 53.2 Å². The van der Waals surface area contributed by atoms with E-state index in [4.69, 9.17) is 4.74 Å². The Morgan fingerprint density at radius 3 is 2.60 bits per heavy atom. The first-order valence-electron chi connectivity index (χ1n) is 14.5. The van der Waals surface area contributed by atoms with Gasteiger partial charge in [-0.05, 0) is 50.2 Å². The molecule has 0 radical (unpaired) electrons. The van der Waals surface area contributed by atoms with E-state index in [1.54, 1.807) is 29.1 Å². The number of anilines is 2. The smallest absolute Gasteiger partial charge is 0.264 e. The monoisotopic (exact) mass is 594 g/mol. The minimum Gasteiger partial charge on any atom is -0.382 e. The molecule has 1 aromatic carbocycles. The number of benzene rings is 1. The summed E-state index contributed by atoms with van der Waals surface area (Å²) in [4.78, 5) is 35.8. The number of imide groups is 1. The van der Waals surface area contributed by atoms with E-state index >= 15 is 0 Å². The first-order chi connectivity index (χ1) is 20.8. The SMILES string of the molecule is Cn1ncc(-c2nc(NCCOCCNc3cccc4c3C(=O)N(C3CCC(O)NC3O)C4=O)ncc2F)c1CC1CC1. The quantitative estimate of drug-likeness (QED) is 0.152. The second kappa shape index (κ2) is 12.3. The number of hydrogen-bond donors (Lipinski definition) is 5. The second-order valence-electron chi connectivity index (χ2n) is 11.1. The number of piperidine rings is 1. The Balaban J connectivity index is 0.989. The van der Waals surface area contributed by atoms with Crippen LogP contribution >= 0.6 is 0 Å². The third-order valence-corrected chi connectivity index (χ3v) is 8.07. The van der Waals surface area contributed by atoms with E-state index in [-0.39, 0.29) is 16.8 Å². The number of rotatable bonds is 12. The van der Waals surface area contributed by atoms with Crippen molar-refractivity contribution in [2.75, 3.05) is 36.9 Å². The summed E-state index contributed by atoms with van der Waals surface area (Å²) in [6.45, 7) is 1.41. The van der Waals surface area contributed by atoms with Crippen LogP contribution in [-0.2, 0) is 18.2 Å². The predicted octanol–water partition coefficient (Wildman–Crippen LogP) is 1.49. The topological polar surface area (TPSA) is 167 Å². The molecule has 2 aliphatic heterocycles. The molecule has 13 nitrogen and oxygen atoms in total. The van der Waals surface area contributed by atoms with Crippen molar-refractivity contribution in [1.82, 2.24) is 30.0 Å². The molecule has 5 N–H and O–H groups in total. The highest BCUT2D eigenvalue weighted by atomic mass is 19.1. The minimum atomic E-state index is -1.21. The lowest BCUT2D eigenvalue weighted by Gasteiger charge is -2.36. The van der Waals surface area contributed by atoms with Gasteiger partial charge in [0.1, 0.15) is 18.1 Å². The van der Waals surface area contributed by atoms with Crippen LogP contribution in [0.4, 0.5) is 16.0 Å².